The van der Waals surface area contributed by atoms with Gasteiger partial charge in [0.2, 0.25) is 0 Å². The van der Waals surface area contributed by atoms with E-state index in [1.54, 1.807) is 0 Å². The molecule has 0 radical (unpaired) electrons. The van der Waals surface area contributed by atoms with E-state index in [0.717, 1.165) is 46.7 Å². The van der Waals surface area contributed by atoms with Crippen LogP contribution in [0.25, 0.3) is 22.3 Å². The molecule has 0 spiro atoms. The molecule has 0 unspecified atom stereocenters. The van der Waals surface area contributed by atoms with E-state index in [1.165, 1.54) is 5.69 Å². The lowest BCUT2D eigenvalue weighted by molar-refractivity contribution is 0.702. The van der Waals surface area contributed by atoms with Crippen LogP contribution in [0.1, 0.15) is 12.1 Å². The minimum Gasteiger partial charge on any atom is -0.330 e. The number of hydrogen-bond donors (Lipinski definition) is 1. The van der Waals surface area contributed by atoms with Crippen LogP contribution in [0.3, 0.4) is 0 Å². The first-order valence-electron chi connectivity index (χ1n) is 7.87. The van der Waals surface area contributed by atoms with Gasteiger partial charge in [0.15, 0.2) is 0 Å². The van der Waals surface area contributed by atoms with Crippen molar-refractivity contribution in [3.63, 3.8) is 0 Å². The van der Waals surface area contributed by atoms with Gasteiger partial charge < -0.3 is 4.57 Å². The van der Waals surface area contributed by atoms with Crippen LogP contribution in [0, 0.1) is 5.41 Å². The summed E-state index contributed by atoms with van der Waals surface area (Å²) in [5.41, 5.74) is 6.17. The Morgan fingerprint density at radius 1 is 0.913 bits per heavy atom. The molecule has 1 N–H and O–H groups in total. The summed E-state index contributed by atoms with van der Waals surface area (Å²) in [6, 6.07) is 20.4. The molecule has 23 heavy (non-hydrogen) atoms. The van der Waals surface area contributed by atoms with Crippen molar-refractivity contribution in [2.75, 3.05) is 0 Å². The molecule has 114 valence electrons. The molecule has 2 nitrogen and oxygen atoms in total. The predicted molar refractivity (Wildman–Crippen MR) is 94.5 cm³/mol. The van der Waals surface area contributed by atoms with Crippen molar-refractivity contribution < 1.29 is 0 Å². The fraction of sp³-hybridized carbons (Fsp3) is 0.150. The van der Waals surface area contributed by atoms with E-state index in [0.29, 0.717) is 5.49 Å². The minimum absolute atomic E-state index is 0.608. The second kappa shape index (κ2) is 5.71. The van der Waals surface area contributed by atoms with Gasteiger partial charge in [0.25, 0.3) is 0 Å². The average Bonchev–Trinajstić information content (AvgIpc) is 3.05. The molecular weight excluding hydrogens is 304 g/mol. The normalized spacial score (nSPS) is 13.1. The monoisotopic (exact) mass is 320 g/mol. The minimum atomic E-state index is 0.608. The zero-order valence-electron chi connectivity index (χ0n) is 12.7. The number of nitrogens with one attached hydrogen (secondary N) is 1. The number of nitrogens with zero attached hydrogens (tertiary/aromatic N) is 1. The highest BCUT2D eigenvalue weighted by molar-refractivity contribution is 6.30. The maximum Gasteiger partial charge on any atom is 0.133 e. The molecule has 0 saturated carbocycles. The van der Waals surface area contributed by atoms with Gasteiger partial charge in [-0.1, -0.05) is 54.1 Å². The Bertz CT molecular complexity index is 909. The Morgan fingerprint density at radius 3 is 2.39 bits per heavy atom. The summed E-state index contributed by atoms with van der Waals surface area (Å²) < 4.78 is 2.14. The average molecular weight is 321 g/mol. The fourth-order valence-electron chi connectivity index (χ4n) is 3.36. The van der Waals surface area contributed by atoms with Gasteiger partial charge in [-0.2, -0.15) is 0 Å². The van der Waals surface area contributed by atoms with Gasteiger partial charge in [-0.3, -0.25) is 5.41 Å². The molecule has 0 atom stereocenters. The maximum atomic E-state index is 8.73. The van der Waals surface area contributed by atoms with Crippen LogP contribution in [-0.4, -0.2) is 4.57 Å². The number of halogens is 1. The standard InChI is InChI=1S/C20H17ClN2/c21-16-10-8-14(9-11-16)18-13-17-7-4-12-23(17)20(22)19(18)15-5-2-1-3-6-15/h1-3,5-6,8-11,13,22H,4,7,12H2. The number of hydrogen-bond acceptors (Lipinski definition) is 1. The first kappa shape index (κ1) is 14.3. The topological polar surface area (TPSA) is 28.8 Å². The SMILES string of the molecule is N=c1c(-c2ccccc2)c(-c2ccc(Cl)cc2)cc2n1CCC2. The van der Waals surface area contributed by atoms with Gasteiger partial charge in [-0.25, -0.2) is 0 Å². The van der Waals surface area contributed by atoms with Gasteiger partial charge in [0, 0.05) is 22.8 Å². The molecule has 2 heterocycles. The second-order valence-electron chi connectivity index (χ2n) is 5.90. The highest BCUT2D eigenvalue weighted by Crippen LogP contribution is 2.32. The number of aryl methyl sites for hydroxylation is 1. The summed E-state index contributed by atoms with van der Waals surface area (Å²) >= 11 is 6.04. The van der Waals surface area contributed by atoms with E-state index >= 15 is 0 Å². The highest BCUT2D eigenvalue weighted by atomic mass is 35.5. The smallest absolute Gasteiger partial charge is 0.133 e. The molecule has 0 amide bonds. The van der Waals surface area contributed by atoms with Crippen LogP contribution >= 0.6 is 11.6 Å². The number of fused-ring (bicyclic) bond motifs is 1. The van der Waals surface area contributed by atoms with Crippen molar-refractivity contribution in [1.29, 1.82) is 5.41 Å². The fourth-order valence-corrected chi connectivity index (χ4v) is 3.48. The van der Waals surface area contributed by atoms with Crippen molar-refractivity contribution in [2.24, 2.45) is 0 Å². The quantitative estimate of drug-likeness (QED) is 0.695. The van der Waals surface area contributed by atoms with Crippen LogP contribution in [0.15, 0.2) is 60.7 Å². The van der Waals surface area contributed by atoms with Crippen LogP contribution < -0.4 is 5.49 Å². The molecule has 0 bridgehead atoms. The van der Waals surface area contributed by atoms with Gasteiger partial charge in [-0.15, -0.1) is 0 Å². The van der Waals surface area contributed by atoms with E-state index < -0.39 is 0 Å². The molecule has 3 aromatic rings. The third-order valence-corrected chi connectivity index (χ3v) is 4.72. The lowest BCUT2D eigenvalue weighted by Crippen LogP contribution is -2.22. The summed E-state index contributed by atoms with van der Waals surface area (Å²) in [5.74, 6) is 0. The Morgan fingerprint density at radius 2 is 1.65 bits per heavy atom. The van der Waals surface area contributed by atoms with Crippen molar-refractivity contribution in [1.82, 2.24) is 4.57 Å². The number of pyridine rings is 1. The summed E-state index contributed by atoms with van der Waals surface area (Å²) in [6.45, 7) is 0.939. The van der Waals surface area contributed by atoms with Crippen LogP contribution in [0.4, 0.5) is 0 Å². The van der Waals surface area contributed by atoms with Gasteiger partial charge in [0.05, 0.1) is 0 Å². The van der Waals surface area contributed by atoms with E-state index in [2.05, 4.69) is 22.8 Å². The second-order valence-corrected chi connectivity index (χ2v) is 6.34. The van der Waals surface area contributed by atoms with E-state index in [9.17, 15) is 0 Å². The Labute approximate surface area is 140 Å². The van der Waals surface area contributed by atoms with E-state index in [4.69, 9.17) is 17.0 Å². The first-order chi connectivity index (χ1) is 11.2. The summed E-state index contributed by atoms with van der Waals surface area (Å²) in [4.78, 5) is 0. The molecule has 1 aromatic heterocycles. The largest absolute Gasteiger partial charge is 0.330 e. The van der Waals surface area contributed by atoms with Gasteiger partial charge >= 0.3 is 0 Å². The molecule has 0 fully saturated rings. The van der Waals surface area contributed by atoms with Crippen LogP contribution in [0.2, 0.25) is 5.02 Å². The van der Waals surface area contributed by atoms with Crippen molar-refractivity contribution in [3.8, 4) is 22.3 Å². The number of aromatic nitrogens is 1. The van der Waals surface area contributed by atoms with Gasteiger partial charge in [-0.05, 0) is 47.7 Å². The van der Waals surface area contributed by atoms with Crippen molar-refractivity contribution in [2.45, 2.75) is 19.4 Å². The van der Waals surface area contributed by atoms with Crippen LogP contribution in [-0.2, 0) is 13.0 Å². The predicted octanol–water partition coefficient (Wildman–Crippen LogP) is 4.90. The summed E-state index contributed by atoms with van der Waals surface area (Å²) in [6.07, 6.45) is 2.16. The molecule has 3 heteroatoms. The van der Waals surface area contributed by atoms with E-state index in [1.807, 2.05) is 42.5 Å². The Kier molecular flexibility index (Phi) is 3.55. The summed E-state index contributed by atoms with van der Waals surface area (Å²) in [7, 11) is 0. The van der Waals surface area contributed by atoms with Crippen molar-refractivity contribution >= 4 is 11.6 Å². The molecule has 1 aliphatic rings. The maximum absolute atomic E-state index is 8.73. The highest BCUT2D eigenvalue weighted by Gasteiger charge is 2.18. The Hall–Kier alpha value is -2.32. The molecule has 1 aliphatic heterocycles. The summed E-state index contributed by atoms with van der Waals surface area (Å²) in [5, 5.41) is 9.47. The molecule has 2 aromatic carbocycles. The first-order valence-corrected chi connectivity index (χ1v) is 8.24. The molecule has 4 rings (SSSR count). The molecular formula is C20H17ClN2. The zero-order chi connectivity index (χ0) is 15.8. The van der Waals surface area contributed by atoms with Crippen LogP contribution in [0.5, 0.6) is 0 Å². The van der Waals surface area contributed by atoms with Gasteiger partial charge in [0.1, 0.15) is 5.49 Å². The zero-order valence-corrected chi connectivity index (χ0v) is 13.5. The van der Waals surface area contributed by atoms with Crippen molar-refractivity contribution in [3.05, 3.63) is 76.9 Å². The lowest BCUT2D eigenvalue weighted by atomic mass is 9.95. The third kappa shape index (κ3) is 2.49. The molecule has 0 aliphatic carbocycles. The molecule has 0 saturated heterocycles. The number of rotatable bonds is 2. The lowest BCUT2D eigenvalue weighted by Gasteiger charge is -2.15. The van der Waals surface area contributed by atoms with E-state index in [-0.39, 0.29) is 0 Å². The Balaban J connectivity index is 2.03. The number of benzene rings is 2. The third-order valence-electron chi connectivity index (χ3n) is 4.47.